The average Bonchev–Trinajstić information content (AvgIpc) is 2.40. The number of benzene rings is 1. The molecule has 106 valence electrons. The van der Waals surface area contributed by atoms with Crippen molar-refractivity contribution >= 4 is 11.6 Å². The van der Waals surface area contributed by atoms with E-state index >= 15 is 0 Å². The molecule has 2 aromatic rings. The summed E-state index contributed by atoms with van der Waals surface area (Å²) in [5, 5.41) is 3.53. The topological polar surface area (TPSA) is 34.2 Å². The summed E-state index contributed by atoms with van der Waals surface area (Å²) in [4.78, 5) is 4.12. The molecule has 5 heteroatoms. The number of nitrogens with one attached hydrogen (secondary N) is 1. The molecule has 0 radical (unpaired) electrons. The first-order chi connectivity index (χ1) is 9.54. The van der Waals surface area contributed by atoms with Gasteiger partial charge < -0.3 is 10.1 Å². The molecule has 0 saturated heterocycles. The maximum atomic E-state index is 13.0. The zero-order chi connectivity index (χ0) is 14.5. The fourth-order valence-corrected chi connectivity index (χ4v) is 1.81. The molecule has 1 N–H and O–H groups in total. The average molecular weight is 295 g/mol. The first kappa shape index (κ1) is 14.8. The van der Waals surface area contributed by atoms with Gasteiger partial charge in [0.05, 0.1) is 5.02 Å². The molecule has 2 rings (SSSR count). The highest BCUT2D eigenvalue weighted by molar-refractivity contribution is 6.32. The lowest BCUT2D eigenvalue weighted by Crippen LogP contribution is -2.21. The predicted molar refractivity (Wildman–Crippen MR) is 77.7 cm³/mol. The minimum Gasteiger partial charge on any atom is -0.437 e. The van der Waals surface area contributed by atoms with Crippen molar-refractivity contribution in [3.63, 3.8) is 0 Å². The highest BCUT2D eigenvalue weighted by Gasteiger charge is 2.06. The van der Waals surface area contributed by atoms with Gasteiger partial charge in [-0.3, -0.25) is 0 Å². The molecule has 20 heavy (non-hydrogen) atoms. The van der Waals surface area contributed by atoms with Crippen molar-refractivity contribution in [2.45, 2.75) is 26.4 Å². The van der Waals surface area contributed by atoms with Gasteiger partial charge >= 0.3 is 0 Å². The Balaban J connectivity index is 2.11. The molecule has 1 heterocycles. The highest BCUT2D eigenvalue weighted by atomic mass is 35.5. The van der Waals surface area contributed by atoms with Crippen LogP contribution in [0.2, 0.25) is 5.02 Å². The molecule has 0 aliphatic heterocycles. The fourth-order valence-electron chi connectivity index (χ4n) is 1.61. The van der Waals surface area contributed by atoms with Crippen LogP contribution in [-0.4, -0.2) is 11.0 Å². The lowest BCUT2D eigenvalue weighted by atomic mass is 10.2. The number of hydrogen-bond acceptors (Lipinski definition) is 3. The lowest BCUT2D eigenvalue weighted by molar-refractivity contribution is 0.460. The van der Waals surface area contributed by atoms with Crippen molar-refractivity contribution < 1.29 is 9.13 Å². The third-order valence-electron chi connectivity index (χ3n) is 2.62. The Morgan fingerprint density at radius 3 is 2.80 bits per heavy atom. The standard InChI is InChI=1S/C15H16ClFN2O/c1-10(2)19-9-11-5-6-18-15(7-11)20-14-4-3-12(17)8-13(14)16/h3-8,10,19H,9H2,1-2H3. The number of rotatable bonds is 5. The van der Waals surface area contributed by atoms with Gasteiger partial charge in [0.15, 0.2) is 0 Å². The van der Waals surface area contributed by atoms with Crippen LogP contribution in [-0.2, 0) is 6.54 Å². The van der Waals surface area contributed by atoms with Crippen LogP contribution in [0.25, 0.3) is 0 Å². The molecule has 0 saturated carbocycles. The molecule has 0 bridgehead atoms. The third kappa shape index (κ3) is 4.18. The molecule has 1 aromatic heterocycles. The van der Waals surface area contributed by atoms with Gasteiger partial charge in [0.1, 0.15) is 11.6 Å². The summed E-state index contributed by atoms with van der Waals surface area (Å²) in [7, 11) is 0. The molecular weight excluding hydrogens is 279 g/mol. The van der Waals surface area contributed by atoms with Crippen LogP contribution in [0.3, 0.4) is 0 Å². The molecule has 0 amide bonds. The second-order valence-corrected chi connectivity index (χ2v) is 5.12. The van der Waals surface area contributed by atoms with E-state index in [0.29, 0.717) is 17.7 Å². The number of aromatic nitrogens is 1. The summed E-state index contributed by atoms with van der Waals surface area (Å²) in [5.41, 5.74) is 1.06. The van der Waals surface area contributed by atoms with E-state index in [2.05, 4.69) is 24.1 Å². The Labute approximate surface area is 122 Å². The van der Waals surface area contributed by atoms with E-state index in [1.54, 1.807) is 6.20 Å². The summed E-state index contributed by atoms with van der Waals surface area (Å²) in [5.74, 6) is 0.418. The van der Waals surface area contributed by atoms with Gasteiger partial charge in [0.2, 0.25) is 5.88 Å². The smallest absolute Gasteiger partial charge is 0.219 e. The van der Waals surface area contributed by atoms with Crippen molar-refractivity contribution in [2.75, 3.05) is 0 Å². The Hall–Kier alpha value is -1.65. The molecule has 0 aliphatic rings. The SMILES string of the molecule is CC(C)NCc1ccnc(Oc2ccc(F)cc2Cl)c1. The lowest BCUT2D eigenvalue weighted by Gasteiger charge is -2.10. The molecule has 0 unspecified atom stereocenters. The second-order valence-electron chi connectivity index (χ2n) is 4.71. The van der Waals surface area contributed by atoms with E-state index < -0.39 is 5.82 Å². The summed E-state index contributed by atoms with van der Waals surface area (Å²) in [6.45, 7) is 4.89. The van der Waals surface area contributed by atoms with Crippen LogP contribution in [0.1, 0.15) is 19.4 Å². The summed E-state index contributed by atoms with van der Waals surface area (Å²) < 4.78 is 18.5. The zero-order valence-electron chi connectivity index (χ0n) is 11.4. The van der Waals surface area contributed by atoms with Crippen molar-refractivity contribution in [3.05, 3.63) is 52.9 Å². The molecule has 0 fully saturated rings. The first-order valence-corrected chi connectivity index (χ1v) is 6.73. The van der Waals surface area contributed by atoms with Crippen LogP contribution in [0.4, 0.5) is 4.39 Å². The summed E-state index contributed by atoms with van der Waals surface area (Å²) >= 11 is 5.92. The summed E-state index contributed by atoms with van der Waals surface area (Å²) in [6, 6.07) is 8.13. The maximum Gasteiger partial charge on any atom is 0.219 e. The van der Waals surface area contributed by atoms with Gasteiger partial charge in [-0.15, -0.1) is 0 Å². The number of hydrogen-bond donors (Lipinski definition) is 1. The zero-order valence-corrected chi connectivity index (χ0v) is 12.1. The van der Waals surface area contributed by atoms with Gasteiger partial charge in [-0.1, -0.05) is 25.4 Å². The molecule has 3 nitrogen and oxygen atoms in total. The van der Waals surface area contributed by atoms with E-state index in [1.807, 2.05) is 12.1 Å². The van der Waals surface area contributed by atoms with Crippen molar-refractivity contribution in [1.29, 1.82) is 0 Å². The van der Waals surface area contributed by atoms with Crippen LogP contribution in [0.15, 0.2) is 36.5 Å². The molecule has 1 aromatic carbocycles. The predicted octanol–water partition coefficient (Wildman–Crippen LogP) is 4.16. The third-order valence-corrected chi connectivity index (χ3v) is 2.92. The van der Waals surface area contributed by atoms with E-state index in [4.69, 9.17) is 16.3 Å². The molecule has 0 spiro atoms. The van der Waals surface area contributed by atoms with E-state index in [9.17, 15) is 4.39 Å². The van der Waals surface area contributed by atoms with Crippen LogP contribution in [0.5, 0.6) is 11.6 Å². The number of ether oxygens (including phenoxy) is 1. The minimum absolute atomic E-state index is 0.220. The normalized spacial score (nSPS) is 10.8. The monoisotopic (exact) mass is 294 g/mol. The van der Waals surface area contributed by atoms with Gasteiger partial charge in [0, 0.05) is 24.8 Å². The van der Waals surface area contributed by atoms with E-state index in [0.717, 1.165) is 12.1 Å². The molecular formula is C15H16ClFN2O. The Bertz CT molecular complexity index is 590. The second kappa shape index (κ2) is 6.68. The van der Waals surface area contributed by atoms with Crippen LogP contribution >= 0.6 is 11.6 Å². The van der Waals surface area contributed by atoms with Gasteiger partial charge in [-0.05, 0) is 29.8 Å². The summed E-state index contributed by atoms with van der Waals surface area (Å²) in [6.07, 6.45) is 1.67. The highest BCUT2D eigenvalue weighted by Crippen LogP contribution is 2.29. The van der Waals surface area contributed by atoms with Crippen molar-refractivity contribution in [1.82, 2.24) is 10.3 Å². The van der Waals surface area contributed by atoms with Crippen molar-refractivity contribution in [3.8, 4) is 11.6 Å². The van der Waals surface area contributed by atoms with Crippen LogP contribution < -0.4 is 10.1 Å². The fraction of sp³-hybridized carbons (Fsp3) is 0.267. The molecule has 0 aliphatic carbocycles. The van der Waals surface area contributed by atoms with E-state index in [-0.39, 0.29) is 5.02 Å². The van der Waals surface area contributed by atoms with Crippen molar-refractivity contribution in [2.24, 2.45) is 0 Å². The Morgan fingerprint density at radius 2 is 2.10 bits per heavy atom. The first-order valence-electron chi connectivity index (χ1n) is 6.36. The van der Waals surface area contributed by atoms with Gasteiger partial charge in [-0.2, -0.15) is 0 Å². The number of pyridine rings is 1. The Kier molecular flexibility index (Phi) is 4.93. The van der Waals surface area contributed by atoms with Crippen LogP contribution in [0, 0.1) is 5.82 Å². The van der Waals surface area contributed by atoms with Gasteiger partial charge in [0.25, 0.3) is 0 Å². The number of nitrogens with zero attached hydrogens (tertiary/aromatic N) is 1. The molecule has 0 atom stereocenters. The Morgan fingerprint density at radius 1 is 1.30 bits per heavy atom. The minimum atomic E-state index is -0.398. The van der Waals surface area contributed by atoms with Gasteiger partial charge in [-0.25, -0.2) is 9.37 Å². The maximum absolute atomic E-state index is 13.0. The quantitative estimate of drug-likeness (QED) is 0.899. The van der Waals surface area contributed by atoms with E-state index in [1.165, 1.54) is 18.2 Å². The largest absolute Gasteiger partial charge is 0.437 e. The number of halogens is 2.